The summed E-state index contributed by atoms with van der Waals surface area (Å²) in [5, 5.41) is 0.673. The number of thiazole rings is 1. The van der Waals surface area contributed by atoms with Crippen molar-refractivity contribution in [2.75, 3.05) is 27.4 Å². The molecule has 174 valence electrons. The number of nitrogens with zero attached hydrogens (tertiary/aromatic N) is 2. The van der Waals surface area contributed by atoms with Gasteiger partial charge in [-0.25, -0.2) is 9.78 Å². The number of hydrogen-bond acceptors (Lipinski definition) is 6. The summed E-state index contributed by atoms with van der Waals surface area (Å²) in [6, 6.07) is 10.7. The van der Waals surface area contributed by atoms with Crippen molar-refractivity contribution in [2.24, 2.45) is 0 Å². The van der Waals surface area contributed by atoms with Crippen molar-refractivity contribution in [3.8, 4) is 5.19 Å². The number of hydrogen-bond donors (Lipinski definition) is 0. The van der Waals surface area contributed by atoms with Crippen LogP contribution in [0.5, 0.6) is 5.19 Å². The minimum Gasteiger partial charge on any atom is -0.473 e. The lowest BCUT2D eigenvalue weighted by molar-refractivity contribution is -0.0242. The lowest BCUT2D eigenvalue weighted by atomic mass is 9.82. The first-order chi connectivity index (χ1) is 15.6. The zero-order chi connectivity index (χ0) is 22.5. The SMILES string of the molecule is COC(=O)N1CCCC(c2nc(OC)sc2C)C1COC1CCC(c2ccccc2)CC1. The number of aromatic nitrogens is 1. The number of rotatable bonds is 6. The van der Waals surface area contributed by atoms with Crippen LogP contribution in [0.2, 0.25) is 0 Å². The molecule has 2 unspecified atom stereocenters. The summed E-state index contributed by atoms with van der Waals surface area (Å²) in [4.78, 5) is 20.3. The van der Waals surface area contributed by atoms with Gasteiger partial charge in [-0.05, 0) is 56.9 Å². The molecule has 6 nitrogen and oxygen atoms in total. The van der Waals surface area contributed by atoms with Gasteiger partial charge in [0.1, 0.15) is 0 Å². The molecule has 1 aliphatic heterocycles. The molecule has 2 aliphatic rings. The summed E-state index contributed by atoms with van der Waals surface area (Å²) >= 11 is 1.56. The Morgan fingerprint density at radius 3 is 2.53 bits per heavy atom. The van der Waals surface area contributed by atoms with E-state index in [4.69, 9.17) is 19.2 Å². The van der Waals surface area contributed by atoms with Crippen LogP contribution in [0, 0.1) is 6.92 Å². The van der Waals surface area contributed by atoms with E-state index in [0.29, 0.717) is 24.3 Å². The Hall–Kier alpha value is -2.12. The minimum absolute atomic E-state index is 0.0754. The predicted molar refractivity (Wildman–Crippen MR) is 126 cm³/mol. The first kappa shape index (κ1) is 23.1. The maximum absolute atomic E-state index is 12.6. The highest BCUT2D eigenvalue weighted by Crippen LogP contribution is 2.39. The van der Waals surface area contributed by atoms with E-state index in [1.807, 2.05) is 4.90 Å². The second-order valence-electron chi connectivity index (χ2n) is 8.82. The summed E-state index contributed by atoms with van der Waals surface area (Å²) in [6.07, 6.45) is 6.27. The van der Waals surface area contributed by atoms with E-state index < -0.39 is 0 Å². The van der Waals surface area contributed by atoms with Gasteiger partial charge in [0.2, 0.25) is 0 Å². The lowest BCUT2D eigenvalue weighted by Crippen LogP contribution is -2.50. The Kier molecular flexibility index (Phi) is 7.68. The summed E-state index contributed by atoms with van der Waals surface area (Å²) < 4.78 is 16.9. The van der Waals surface area contributed by atoms with Crippen LogP contribution in [-0.4, -0.2) is 55.5 Å². The predicted octanol–water partition coefficient (Wildman–Crippen LogP) is 5.52. The topological polar surface area (TPSA) is 60.9 Å². The molecule has 7 heteroatoms. The molecular formula is C25H34N2O4S. The van der Waals surface area contributed by atoms with Gasteiger partial charge in [0.15, 0.2) is 0 Å². The number of ether oxygens (including phenoxy) is 3. The van der Waals surface area contributed by atoms with Gasteiger partial charge in [0.05, 0.1) is 38.7 Å². The first-order valence-electron chi connectivity index (χ1n) is 11.6. The summed E-state index contributed by atoms with van der Waals surface area (Å²) in [5.41, 5.74) is 2.46. The molecule has 32 heavy (non-hydrogen) atoms. The Labute approximate surface area is 194 Å². The molecule has 0 spiro atoms. The lowest BCUT2D eigenvalue weighted by Gasteiger charge is -2.41. The van der Waals surface area contributed by atoms with E-state index in [1.165, 1.54) is 12.7 Å². The van der Waals surface area contributed by atoms with E-state index in [1.54, 1.807) is 18.4 Å². The van der Waals surface area contributed by atoms with E-state index in [-0.39, 0.29) is 24.2 Å². The van der Waals surface area contributed by atoms with Crippen LogP contribution < -0.4 is 4.74 Å². The third-order valence-corrected chi connectivity index (χ3v) is 7.92. The number of carbonyl (C=O) groups excluding carboxylic acids is 1. The molecule has 0 bridgehead atoms. The Balaban J connectivity index is 1.43. The van der Waals surface area contributed by atoms with Crippen LogP contribution in [0.3, 0.4) is 0 Å². The highest BCUT2D eigenvalue weighted by molar-refractivity contribution is 7.13. The van der Waals surface area contributed by atoms with Crippen molar-refractivity contribution < 1.29 is 19.0 Å². The van der Waals surface area contributed by atoms with Crippen molar-refractivity contribution in [3.63, 3.8) is 0 Å². The van der Waals surface area contributed by atoms with Crippen molar-refractivity contribution in [2.45, 2.75) is 69.4 Å². The molecule has 4 rings (SSSR count). The molecule has 1 amide bonds. The number of methoxy groups -OCH3 is 2. The molecule has 1 saturated heterocycles. The molecular weight excluding hydrogens is 424 g/mol. The molecule has 2 atom stereocenters. The van der Waals surface area contributed by atoms with Gasteiger partial charge in [-0.2, -0.15) is 0 Å². The number of amides is 1. The van der Waals surface area contributed by atoms with Crippen molar-refractivity contribution in [1.29, 1.82) is 0 Å². The average Bonchev–Trinajstić information content (AvgIpc) is 3.23. The molecule has 1 aromatic heterocycles. The number of piperidine rings is 1. The first-order valence-corrected chi connectivity index (χ1v) is 12.4. The molecule has 0 N–H and O–H groups in total. The van der Waals surface area contributed by atoms with Crippen LogP contribution >= 0.6 is 11.3 Å². The summed E-state index contributed by atoms with van der Waals surface area (Å²) in [6.45, 7) is 3.29. The fraction of sp³-hybridized carbons (Fsp3) is 0.600. The molecule has 1 aliphatic carbocycles. The standard InChI is InChI=1S/C25H34N2O4S/c1-17-23(26-24(29-2)32-17)21-10-7-15-27(25(28)30-3)22(21)16-31-20-13-11-19(12-14-20)18-8-5-4-6-9-18/h4-6,8-9,19-22H,7,10-16H2,1-3H3. The van der Waals surface area contributed by atoms with E-state index >= 15 is 0 Å². The van der Waals surface area contributed by atoms with Crippen molar-refractivity contribution in [3.05, 3.63) is 46.5 Å². The number of likely N-dealkylation sites (tertiary alicyclic amines) is 1. The monoisotopic (exact) mass is 458 g/mol. The van der Waals surface area contributed by atoms with Crippen molar-refractivity contribution >= 4 is 17.4 Å². The molecule has 1 saturated carbocycles. The van der Waals surface area contributed by atoms with Gasteiger partial charge in [-0.1, -0.05) is 41.7 Å². The molecule has 2 fully saturated rings. The molecule has 2 heterocycles. The zero-order valence-corrected chi connectivity index (χ0v) is 20.1. The zero-order valence-electron chi connectivity index (χ0n) is 19.3. The average molecular weight is 459 g/mol. The second kappa shape index (κ2) is 10.7. The highest BCUT2D eigenvalue weighted by atomic mass is 32.1. The van der Waals surface area contributed by atoms with Gasteiger partial charge >= 0.3 is 6.09 Å². The van der Waals surface area contributed by atoms with Gasteiger partial charge in [-0.15, -0.1) is 0 Å². The number of carbonyl (C=O) groups is 1. The number of benzene rings is 1. The fourth-order valence-corrected chi connectivity index (χ4v) is 6.05. The van der Waals surface area contributed by atoms with Crippen molar-refractivity contribution in [1.82, 2.24) is 9.88 Å². The highest BCUT2D eigenvalue weighted by Gasteiger charge is 2.39. The largest absolute Gasteiger partial charge is 0.473 e. The van der Waals surface area contributed by atoms with Crippen LogP contribution in [0.1, 0.15) is 66.5 Å². The third kappa shape index (κ3) is 5.09. The minimum atomic E-state index is -0.282. The third-order valence-electron chi connectivity index (χ3n) is 6.97. The molecule has 0 radical (unpaired) electrons. The van der Waals surface area contributed by atoms with Gasteiger partial charge in [0, 0.05) is 17.3 Å². The Morgan fingerprint density at radius 2 is 1.88 bits per heavy atom. The Morgan fingerprint density at radius 1 is 1.12 bits per heavy atom. The number of aryl methyl sites for hydroxylation is 1. The maximum atomic E-state index is 12.6. The van der Waals surface area contributed by atoms with E-state index in [0.717, 1.165) is 49.1 Å². The van der Waals surface area contributed by atoms with Gasteiger partial charge in [0.25, 0.3) is 5.19 Å². The maximum Gasteiger partial charge on any atom is 0.409 e. The smallest absolute Gasteiger partial charge is 0.409 e. The quantitative estimate of drug-likeness (QED) is 0.571. The Bertz CT molecular complexity index is 879. The normalized spacial score (nSPS) is 26.0. The fourth-order valence-electron chi connectivity index (χ4n) is 5.26. The van der Waals surface area contributed by atoms with Crippen LogP contribution in [0.25, 0.3) is 0 Å². The van der Waals surface area contributed by atoms with Gasteiger partial charge < -0.3 is 19.1 Å². The van der Waals surface area contributed by atoms with E-state index in [2.05, 4.69) is 37.3 Å². The molecule has 1 aromatic carbocycles. The van der Waals surface area contributed by atoms with Crippen LogP contribution in [0.15, 0.2) is 30.3 Å². The summed E-state index contributed by atoms with van der Waals surface area (Å²) in [7, 11) is 3.10. The van der Waals surface area contributed by atoms with Crippen LogP contribution in [-0.2, 0) is 9.47 Å². The molecule has 2 aromatic rings. The van der Waals surface area contributed by atoms with Crippen LogP contribution in [0.4, 0.5) is 4.79 Å². The second-order valence-corrected chi connectivity index (χ2v) is 9.99. The van der Waals surface area contributed by atoms with E-state index in [9.17, 15) is 4.79 Å². The summed E-state index contributed by atoms with van der Waals surface area (Å²) in [5.74, 6) is 0.749. The van der Waals surface area contributed by atoms with Gasteiger partial charge in [-0.3, -0.25) is 0 Å².